The minimum absolute atomic E-state index is 0.0341. The van der Waals surface area contributed by atoms with Crippen molar-refractivity contribution in [2.45, 2.75) is 11.4 Å². The van der Waals surface area contributed by atoms with Crippen LogP contribution in [0.3, 0.4) is 0 Å². The third kappa shape index (κ3) is 3.90. The van der Waals surface area contributed by atoms with Crippen LogP contribution in [0.25, 0.3) is 0 Å². The molecule has 0 atom stereocenters. The van der Waals surface area contributed by atoms with E-state index in [-0.39, 0.29) is 22.1 Å². The number of carbonyl (C=O) groups is 1. The molecule has 1 aromatic heterocycles. The topological polar surface area (TPSA) is 75.7 Å². The molecule has 1 N–H and O–H groups in total. The smallest absolute Gasteiger partial charge is 0.251 e. The third-order valence-corrected chi connectivity index (χ3v) is 5.79. The molecule has 0 aliphatic carbocycles. The van der Waals surface area contributed by atoms with E-state index in [0.717, 1.165) is 9.87 Å². The minimum Gasteiger partial charge on any atom is -0.495 e. The number of carbonyl (C=O) groups excluding carboxylic acids is 1. The SMILES string of the molecule is COc1ccc(C(=O)NCc2ccsc2)cc1S(=O)(=O)N(C)C. The van der Waals surface area contributed by atoms with Gasteiger partial charge in [0.15, 0.2) is 0 Å². The Morgan fingerprint density at radius 3 is 2.61 bits per heavy atom. The van der Waals surface area contributed by atoms with Crippen LogP contribution in [-0.2, 0) is 16.6 Å². The summed E-state index contributed by atoms with van der Waals surface area (Å²) in [7, 11) is 0.543. The maximum Gasteiger partial charge on any atom is 0.251 e. The van der Waals surface area contributed by atoms with Crippen LogP contribution in [0.4, 0.5) is 0 Å². The van der Waals surface area contributed by atoms with Crippen molar-refractivity contribution in [2.24, 2.45) is 0 Å². The number of thiophene rings is 1. The number of amides is 1. The van der Waals surface area contributed by atoms with E-state index >= 15 is 0 Å². The molecule has 124 valence electrons. The molecule has 0 unspecified atom stereocenters. The summed E-state index contributed by atoms with van der Waals surface area (Å²) in [6, 6.07) is 6.27. The monoisotopic (exact) mass is 354 g/mol. The average Bonchev–Trinajstić information content (AvgIpc) is 3.05. The van der Waals surface area contributed by atoms with Gasteiger partial charge in [-0.2, -0.15) is 11.3 Å². The van der Waals surface area contributed by atoms with Crippen molar-refractivity contribution in [1.29, 1.82) is 0 Å². The zero-order valence-electron chi connectivity index (χ0n) is 13.1. The van der Waals surface area contributed by atoms with E-state index in [1.54, 1.807) is 11.3 Å². The maximum atomic E-state index is 12.3. The van der Waals surface area contributed by atoms with E-state index in [4.69, 9.17) is 4.74 Å². The summed E-state index contributed by atoms with van der Waals surface area (Å²) in [6.45, 7) is 0.393. The molecule has 23 heavy (non-hydrogen) atoms. The Hall–Kier alpha value is -1.90. The highest BCUT2D eigenvalue weighted by atomic mass is 32.2. The molecule has 2 aromatic rings. The maximum absolute atomic E-state index is 12.3. The Labute approximate surface area is 139 Å². The van der Waals surface area contributed by atoms with Crippen molar-refractivity contribution in [3.05, 3.63) is 46.2 Å². The van der Waals surface area contributed by atoms with Gasteiger partial charge in [0.25, 0.3) is 5.91 Å². The molecule has 0 saturated heterocycles. The predicted octanol–water partition coefficient (Wildman–Crippen LogP) is 1.94. The van der Waals surface area contributed by atoms with Crippen molar-refractivity contribution >= 4 is 27.3 Å². The lowest BCUT2D eigenvalue weighted by Gasteiger charge is -2.15. The quantitative estimate of drug-likeness (QED) is 0.860. The Morgan fingerprint density at radius 1 is 1.30 bits per heavy atom. The number of nitrogens with zero attached hydrogens (tertiary/aromatic N) is 1. The first-order valence-electron chi connectivity index (χ1n) is 6.76. The lowest BCUT2D eigenvalue weighted by Crippen LogP contribution is -2.25. The molecule has 0 aliphatic rings. The van der Waals surface area contributed by atoms with Crippen LogP contribution in [-0.4, -0.2) is 39.8 Å². The molecule has 0 aliphatic heterocycles. The molecule has 1 aromatic carbocycles. The number of sulfonamides is 1. The Morgan fingerprint density at radius 2 is 2.04 bits per heavy atom. The number of methoxy groups -OCH3 is 1. The molecule has 0 bridgehead atoms. The summed E-state index contributed by atoms with van der Waals surface area (Å²) in [5.74, 6) is -0.137. The van der Waals surface area contributed by atoms with E-state index in [0.29, 0.717) is 6.54 Å². The van der Waals surface area contributed by atoms with Crippen LogP contribution in [0, 0.1) is 0 Å². The predicted molar refractivity (Wildman–Crippen MR) is 89.4 cm³/mol. The van der Waals surface area contributed by atoms with Crippen LogP contribution < -0.4 is 10.1 Å². The van der Waals surface area contributed by atoms with Crippen LogP contribution in [0.5, 0.6) is 5.75 Å². The van der Waals surface area contributed by atoms with E-state index in [1.807, 2.05) is 16.8 Å². The van der Waals surface area contributed by atoms with E-state index in [9.17, 15) is 13.2 Å². The Kier molecular flexibility index (Phi) is 5.40. The molecule has 0 radical (unpaired) electrons. The highest BCUT2D eigenvalue weighted by molar-refractivity contribution is 7.89. The van der Waals surface area contributed by atoms with Crippen molar-refractivity contribution in [2.75, 3.05) is 21.2 Å². The molecule has 1 amide bonds. The summed E-state index contributed by atoms with van der Waals surface area (Å²) < 4.78 is 30.9. The van der Waals surface area contributed by atoms with Crippen LogP contribution in [0.15, 0.2) is 39.9 Å². The molecule has 2 rings (SSSR count). The Balaban J connectivity index is 2.28. The number of ether oxygens (including phenoxy) is 1. The molecule has 0 fully saturated rings. The van der Waals surface area contributed by atoms with Crippen molar-refractivity contribution in [1.82, 2.24) is 9.62 Å². The zero-order chi connectivity index (χ0) is 17.0. The molecule has 1 heterocycles. The average molecular weight is 354 g/mol. The first-order valence-corrected chi connectivity index (χ1v) is 9.14. The van der Waals surface area contributed by atoms with Gasteiger partial charge >= 0.3 is 0 Å². The Bertz CT molecular complexity index is 784. The normalized spacial score (nSPS) is 11.5. The highest BCUT2D eigenvalue weighted by Crippen LogP contribution is 2.26. The lowest BCUT2D eigenvalue weighted by molar-refractivity contribution is 0.0950. The van der Waals surface area contributed by atoms with Gasteiger partial charge in [0.2, 0.25) is 10.0 Å². The number of nitrogens with one attached hydrogen (secondary N) is 1. The van der Waals surface area contributed by atoms with Crippen molar-refractivity contribution in [3.8, 4) is 5.75 Å². The zero-order valence-corrected chi connectivity index (χ0v) is 14.7. The van der Waals surface area contributed by atoms with E-state index in [2.05, 4.69) is 5.32 Å². The number of rotatable bonds is 6. The molecule has 6 nitrogen and oxygen atoms in total. The van der Waals surface area contributed by atoms with Gasteiger partial charge in [-0.25, -0.2) is 12.7 Å². The molecular weight excluding hydrogens is 336 g/mol. The lowest BCUT2D eigenvalue weighted by atomic mass is 10.2. The van der Waals surface area contributed by atoms with Gasteiger partial charge in [-0.1, -0.05) is 0 Å². The standard InChI is InChI=1S/C15H18N2O4S2/c1-17(2)23(19,20)14-8-12(4-5-13(14)21-3)15(18)16-9-11-6-7-22-10-11/h4-8,10H,9H2,1-3H3,(H,16,18). The number of hydrogen-bond donors (Lipinski definition) is 1. The van der Waals surface area contributed by atoms with E-state index in [1.165, 1.54) is 39.4 Å². The van der Waals surface area contributed by atoms with Crippen LogP contribution >= 0.6 is 11.3 Å². The van der Waals surface area contributed by atoms with Gasteiger partial charge in [0, 0.05) is 26.2 Å². The van der Waals surface area contributed by atoms with Gasteiger partial charge in [-0.15, -0.1) is 0 Å². The van der Waals surface area contributed by atoms with E-state index < -0.39 is 10.0 Å². The molecule has 8 heteroatoms. The second-order valence-corrected chi connectivity index (χ2v) is 7.87. The highest BCUT2D eigenvalue weighted by Gasteiger charge is 2.23. The molecule has 0 saturated carbocycles. The molecular formula is C15H18N2O4S2. The number of benzene rings is 1. The number of hydrogen-bond acceptors (Lipinski definition) is 5. The van der Waals surface area contributed by atoms with Crippen LogP contribution in [0.2, 0.25) is 0 Å². The van der Waals surface area contributed by atoms with Crippen molar-refractivity contribution in [3.63, 3.8) is 0 Å². The van der Waals surface area contributed by atoms with Gasteiger partial charge in [0.05, 0.1) is 7.11 Å². The molecule has 0 spiro atoms. The largest absolute Gasteiger partial charge is 0.495 e. The fourth-order valence-electron chi connectivity index (χ4n) is 1.89. The van der Waals surface area contributed by atoms with Gasteiger partial charge in [0.1, 0.15) is 10.6 Å². The summed E-state index contributed by atoms with van der Waals surface area (Å²) in [4.78, 5) is 12.2. The second-order valence-electron chi connectivity index (χ2n) is 4.97. The third-order valence-electron chi connectivity index (χ3n) is 3.22. The van der Waals surface area contributed by atoms with Gasteiger partial charge in [-0.05, 0) is 40.6 Å². The fourth-order valence-corrected chi connectivity index (χ4v) is 3.64. The first kappa shape index (κ1) is 17.5. The first-order chi connectivity index (χ1) is 10.9. The summed E-state index contributed by atoms with van der Waals surface area (Å²) >= 11 is 1.55. The minimum atomic E-state index is -3.70. The van der Waals surface area contributed by atoms with Gasteiger partial charge < -0.3 is 10.1 Å². The summed E-state index contributed by atoms with van der Waals surface area (Å²) in [6.07, 6.45) is 0. The van der Waals surface area contributed by atoms with Crippen molar-refractivity contribution < 1.29 is 17.9 Å². The fraction of sp³-hybridized carbons (Fsp3) is 0.267. The summed E-state index contributed by atoms with van der Waals surface area (Å²) in [5, 5.41) is 6.63. The van der Waals surface area contributed by atoms with Gasteiger partial charge in [-0.3, -0.25) is 4.79 Å². The van der Waals surface area contributed by atoms with Crippen LogP contribution in [0.1, 0.15) is 15.9 Å². The summed E-state index contributed by atoms with van der Waals surface area (Å²) in [5.41, 5.74) is 1.26. The second kappa shape index (κ2) is 7.12.